The molecule has 2 aliphatic rings. The maximum absolute atomic E-state index is 13.1. The number of halogens is 1. The van der Waals surface area contributed by atoms with Gasteiger partial charge in [0.2, 0.25) is 17.8 Å². The van der Waals surface area contributed by atoms with E-state index in [2.05, 4.69) is 37.4 Å². The summed E-state index contributed by atoms with van der Waals surface area (Å²) in [7, 11) is 1.62. The zero-order chi connectivity index (χ0) is 29.5. The summed E-state index contributed by atoms with van der Waals surface area (Å²) in [5.41, 5.74) is 3.65. The van der Waals surface area contributed by atoms with Gasteiger partial charge in [-0.25, -0.2) is 4.98 Å². The number of para-hydroxylation sites is 2. The molecule has 3 heterocycles. The molecule has 2 amide bonds. The van der Waals surface area contributed by atoms with Crippen molar-refractivity contribution in [3.63, 3.8) is 0 Å². The van der Waals surface area contributed by atoms with E-state index < -0.39 is 0 Å². The highest BCUT2D eigenvalue weighted by Crippen LogP contribution is 2.40. The molecule has 0 aliphatic carbocycles. The average molecular weight is 592 g/mol. The third-order valence-corrected chi connectivity index (χ3v) is 7.48. The van der Waals surface area contributed by atoms with E-state index in [9.17, 15) is 9.59 Å². The molecule has 11 nitrogen and oxygen atoms in total. The van der Waals surface area contributed by atoms with Gasteiger partial charge in [0.25, 0.3) is 0 Å². The van der Waals surface area contributed by atoms with Crippen LogP contribution in [0.3, 0.4) is 0 Å². The Kier molecular flexibility index (Phi) is 9.52. The molecular weight excluding hydrogens is 558 g/mol. The molecule has 3 N–H and O–H groups in total. The second-order valence-electron chi connectivity index (χ2n) is 9.88. The maximum atomic E-state index is 13.1. The minimum absolute atomic E-state index is 0.117. The van der Waals surface area contributed by atoms with Gasteiger partial charge in [0.15, 0.2) is 5.82 Å². The summed E-state index contributed by atoms with van der Waals surface area (Å²) in [5.74, 6) is 1.07. The Balaban J connectivity index is 1.39. The lowest BCUT2D eigenvalue weighted by molar-refractivity contribution is -0.118. The highest BCUT2D eigenvalue weighted by Gasteiger charge is 2.27. The Morgan fingerprint density at radius 2 is 1.88 bits per heavy atom. The van der Waals surface area contributed by atoms with Crippen LogP contribution in [0.5, 0.6) is 5.75 Å². The largest absolute Gasteiger partial charge is 0.494 e. The minimum Gasteiger partial charge on any atom is -0.494 e. The first-order valence-corrected chi connectivity index (χ1v) is 14.2. The number of fused-ring (bicyclic) bond motifs is 1. The molecule has 220 valence electrons. The molecule has 1 saturated heterocycles. The van der Waals surface area contributed by atoms with E-state index in [0.717, 1.165) is 50.5 Å². The van der Waals surface area contributed by atoms with Crippen LogP contribution in [-0.4, -0.2) is 73.2 Å². The van der Waals surface area contributed by atoms with Gasteiger partial charge in [-0.2, -0.15) is 4.98 Å². The van der Waals surface area contributed by atoms with E-state index in [1.54, 1.807) is 25.3 Å². The number of nitrogens with one attached hydrogen (secondary N) is 3. The predicted molar refractivity (Wildman–Crippen MR) is 164 cm³/mol. The number of anilines is 6. The third kappa shape index (κ3) is 6.81. The van der Waals surface area contributed by atoms with E-state index >= 15 is 0 Å². The highest BCUT2D eigenvalue weighted by atomic mass is 35.5. The quantitative estimate of drug-likeness (QED) is 0.287. The topological polar surface area (TPSA) is 121 Å². The second kappa shape index (κ2) is 13.6. The first-order chi connectivity index (χ1) is 20.5. The lowest BCUT2D eigenvalue weighted by Gasteiger charge is -2.30. The second-order valence-corrected chi connectivity index (χ2v) is 10.3. The number of hydrogen-bond donors (Lipinski definition) is 3. The van der Waals surface area contributed by atoms with Gasteiger partial charge in [-0.15, -0.1) is 0 Å². The summed E-state index contributed by atoms with van der Waals surface area (Å²) in [6.07, 6.45) is 4.60. The molecule has 2 aromatic carbocycles. The molecule has 1 aromatic heterocycles. The van der Waals surface area contributed by atoms with Gasteiger partial charge in [-0.1, -0.05) is 30.3 Å². The van der Waals surface area contributed by atoms with Gasteiger partial charge in [0.1, 0.15) is 10.8 Å². The van der Waals surface area contributed by atoms with Crippen molar-refractivity contribution in [1.29, 1.82) is 0 Å². The van der Waals surface area contributed by atoms with Gasteiger partial charge in [-0.05, 0) is 43.2 Å². The first-order valence-electron chi connectivity index (χ1n) is 13.9. The first kappa shape index (κ1) is 29.3. The van der Waals surface area contributed by atoms with Crippen molar-refractivity contribution in [2.24, 2.45) is 0 Å². The number of ether oxygens (including phenoxy) is 2. The predicted octanol–water partition coefficient (Wildman–Crippen LogP) is 4.75. The van der Waals surface area contributed by atoms with Crippen LogP contribution in [0.1, 0.15) is 18.4 Å². The molecule has 0 atom stereocenters. The van der Waals surface area contributed by atoms with Gasteiger partial charge in [0.05, 0.1) is 49.3 Å². The number of carbonyl (C=O) groups excluding carboxylic acids is 2. The van der Waals surface area contributed by atoms with Gasteiger partial charge < -0.3 is 30.3 Å². The molecule has 0 unspecified atom stereocenters. The van der Waals surface area contributed by atoms with Crippen LogP contribution in [0.4, 0.5) is 34.5 Å². The fraction of sp³-hybridized carbons (Fsp3) is 0.333. The van der Waals surface area contributed by atoms with Crippen LogP contribution in [0.2, 0.25) is 5.02 Å². The Morgan fingerprint density at radius 3 is 2.64 bits per heavy atom. The minimum atomic E-state index is -0.336. The van der Waals surface area contributed by atoms with E-state index in [-0.39, 0.29) is 11.8 Å². The molecule has 0 spiro atoms. The van der Waals surface area contributed by atoms with Crippen LogP contribution in [0.15, 0.2) is 55.3 Å². The van der Waals surface area contributed by atoms with Crippen molar-refractivity contribution in [2.45, 2.75) is 19.3 Å². The molecule has 12 heteroatoms. The number of amides is 2. The van der Waals surface area contributed by atoms with Crippen molar-refractivity contribution in [3.8, 4) is 5.75 Å². The summed E-state index contributed by atoms with van der Waals surface area (Å²) in [6.45, 7) is 8.06. The summed E-state index contributed by atoms with van der Waals surface area (Å²) in [4.78, 5) is 38.1. The van der Waals surface area contributed by atoms with Crippen molar-refractivity contribution >= 4 is 57.9 Å². The number of hydrogen-bond acceptors (Lipinski definition) is 9. The lowest BCUT2D eigenvalue weighted by Crippen LogP contribution is -2.43. The Morgan fingerprint density at radius 1 is 1.10 bits per heavy atom. The molecule has 0 bridgehead atoms. The lowest BCUT2D eigenvalue weighted by atomic mass is 10.0. The third-order valence-electron chi connectivity index (χ3n) is 7.21. The summed E-state index contributed by atoms with van der Waals surface area (Å²) in [5, 5.41) is 9.50. The number of benzene rings is 2. The standard InChI is InChI=1S/C30H34ClN7O4/c1-3-26(39)33-22-8-4-5-9-23(22)34-29-21(31)19-32-30(36-29)35-24-11-12-25-20(28(24)41-2)7-6-10-27(40)38(25)14-13-37-15-17-42-18-16-37/h3-5,8-9,11-12,19H,1,6-7,10,13-18H2,2H3,(H,33,39)(H2,32,34,35,36). The average Bonchev–Trinajstić information content (AvgIpc) is 3.16. The van der Waals surface area contributed by atoms with E-state index in [1.165, 1.54) is 12.3 Å². The van der Waals surface area contributed by atoms with Crippen LogP contribution in [0, 0.1) is 0 Å². The smallest absolute Gasteiger partial charge is 0.247 e. The van der Waals surface area contributed by atoms with E-state index in [4.69, 9.17) is 21.1 Å². The Hall–Kier alpha value is -4.19. The number of nitrogens with zero attached hydrogens (tertiary/aromatic N) is 4. The van der Waals surface area contributed by atoms with Crippen molar-refractivity contribution in [1.82, 2.24) is 14.9 Å². The molecule has 1 fully saturated rings. The van der Waals surface area contributed by atoms with Crippen LogP contribution in [0.25, 0.3) is 0 Å². The molecular formula is C30H34ClN7O4. The zero-order valence-corrected chi connectivity index (χ0v) is 24.2. The Labute approximate surface area is 249 Å². The van der Waals surface area contributed by atoms with Crippen molar-refractivity contribution < 1.29 is 19.1 Å². The van der Waals surface area contributed by atoms with E-state index in [1.807, 2.05) is 23.1 Å². The SMILES string of the molecule is C=CC(=O)Nc1ccccc1Nc1nc(Nc2ccc3c(c2OC)CCCC(=O)N3CCN2CCOCC2)ncc1Cl. The summed E-state index contributed by atoms with van der Waals surface area (Å²) < 4.78 is 11.4. The maximum Gasteiger partial charge on any atom is 0.247 e. The highest BCUT2D eigenvalue weighted by molar-refractivity contribution is 6.33. The number of morpholine rings is 1. The Bertz CT molecular complexity index is 1460. The van der Waals surface area contributed by atoms with Gasteiger partial charge in [-0.3, -0.25) is 14.5 Å². The van der Waals surface area contributed by atoms with Crippen LogP contribution in [-0.2, 0) is 20.7 Å². The number of carbonyl (C=O) groups is 2. The summed E-state index contributed by atoms with van der Waals surface area (Å²) >= 11 is 6.43. The molecule has 0 saturated carbocycles. The normalized spacial score (nSPS) is 15.4. The molecule has 3 aromatic rings. The van der Waals surface area contributed by atoms with Crippen LogP contribution >= 0.6 is 11.6 Å². The monoisotopic (exact) mass is 591 g/mol. The van der Waals surface area contributed by atoms with Gasteiger partial charge >= 0.3 is 0 Å². The van der Waals surface area contributed by atoms with Crippen molar-refractivity contribution in [2.75, 3.05) is 67.4 Å². The fourth-order valence-corrected chi connectivity index (χ4v) is 5.23. The molecule has 2 aliphatic heterocycles. The van der Waals surface area contributed by atoms with Crippen molar-refractivity contribution in [3.05, 3.63) is 65.8 Å². The van der Waals surface area contributed by atoms with E-state index in [0.29, 0.717) is 59.0 Å². The number of rotatable bonds is 10. The number of aromatic nitrogens is 2. The fourth-order valence-electron chi connectivity index (χ4n) is 5.09. The molecule has 5 rings (SSSR count). The molecule has 0 radical (unpaired) electrons. The zero-order valence-electron chi connectivity index (χ0n) is 23.5. The van der Waals surface area contributed by atoms with Crippen LogP contribution < -0.4 is 25.6 Å². The summed E-state index contributed by atoms with van der Waals surface area (Å²) in [6, 6.07) is 11.0. The number of methoxy groups -OCH3 is 1. The molecule has 42 heavy (non-hydrogen) atoms. The van der Waals surface area contributed by atoms with Gasteiger partial charge in [0, 0.05) is 38.2 Å².